The van der Waals surface area contributed by atoms with Crippen LogP contribution in [-0.4, -0.2) is 38.7 Å². The minimum absolute atomic E-state index is 0.0490. The number of amides is 1. The number of hydrogen-bond donors (Lipinski definition) is 2. The van der Waals surface area contributed by atoms with Gasteiger partial charge in [-0.3, -0.25) is 24.0 Å². The fourth-order valence-corrected chi connectivity index (χ4v) is 4.09. The summed E-state index contributed by atoms with van der Waals surface area (Å²) in [5, 5.41) is 0. The largest absolute Gasteiger partial charge is 0.383 e. The summed E-state index contributed by atoms with van der Waals surface area (Å²) in [6.45, 7) is 2.36. The number of nitrogen functional groups attached to an aromatic ring is 1. The van der Waals surface area contributed by atoms with E-state index in [-0.39, 0.29) is 43.7 Å². The first kappa shape index (κ1) is 24.0. The van der Waals surface area contributed by atoms with Crippen LogP contribution in [0.25, 0.3) is 11.0 Å². The van der Waals surface area contributed by atoms with Crippen molar-refractivity contribution in [2.75, 3.05) is 24.4 Å². The molecule has 2 aromatic carbocycles. The second-order valence-electron chi connectivity index (χ2n) is 8.06. The number of rotatable bonds is 9. The maximum atomic E-state index is 13.8. The predicted molar refractivity (Wildman–Crippen MR) is 134 cm³/mol. The van der Waals surface area contributed by atoms with Crippen LogP contribution in [0.4, 0.5) is 11.5 Å². The van der Waals surface area contributed by atoms with Crippen LogP contribution in [0.15, 0.2) is 64.2 Å². The monoisotopic (exact) mass is 476 g/mol. The molecule has 10 nitrogen and oxygen atoms in total. The van der Waals surface area contributed by atoms with Crippen molar-refractivity contribution in [2.24, 2.45) is 0 Å². The highest BCUT2D eigenvalue weighted by atomic mass is 16.5. The van der Waals surface area contributed by atoms with E-state index in [1.54, 1.807) is 0 Å². The summed E-state index contributed by atoms with van der Waals surface area (Å²) in [4.78, 5) is 47.4. The van der Waals surface area contributed by atoms with Crippen molar-refractivity contribution in [2.45, 2.75) is 33.0 Å². The topological polar surface area (TPSA) is 128 Å². The van der Waals surface area contributed by atoms with E-state index in [4.69, 9.17) is 10.5 Å². The van der Waals surface area contributed by atoms with Crippen LogP contribution >= 0.6 is 0 Å². The van der Waals surface area contributed by atoms with Crippen LogP contribution in [0.3, 0.4) is 0 Å². The highest BCUT2D eigenvalue weighted by Crippen LogP contribution is 2.22. The van der Waals surface area contributed by atoms with Crippen molar-refractivity contribution in [3.63, 3.8) is 0 Å². The molecule has 0 saturated heterocycles. The zero-order valence-electron chi connectivity index (χ0n) is 19.7. The Morgan fingerprint density at radius 3 is 2.51 bits per heavy atom. The molecule has 0 aliphatic carbocycles. The molecular formula is C25H28N6O4. The van der Waals surface area contributed by atoms with Gasteiger partial charge in [-0.15, -0.1) is 0 Å². The lowest BCUT2D eigenvalue weighted by atomic mass is 10.2. The molecule has 0 saturated carbocycles. The molecule has 0 atom stereocenters. The van der Waals surface area contributed by atoms with Crippen LogP contribution in [0.1, 0.15) is 18.3 Å². The number of benzene rings is 2. The number of aromatic nitrogens is 4. The summed E-state index contributed by atoms with van der Waals surface area (Å²) in [6, 6.07) is 16.9. The summed E-state index contributed by atoms with van der Waals surface area (Å²) >= 11 is 0. The Balaban J connectivity index is 1.81. The molecule has 0 radical (unpaired) electrons. The number of aromatic amines is 1. The van der Waals surface area contributed by atoms with E-state index in [9.17, 15) is 14.4 Å². The van der Waals surface area contributed by atoms with Gasteiger partial charge in [0.2, 0.25) is 5.91 Å². The second-order valence-corrected chi connectivity index (χ2v) is 8.06. The molecule has 10 heteroatoms. The number of nitrogens with zero attached hydrogens (tertiary/aromatic N) is 4. The van der Waals surface area contributed by atoms with E-state index >= 15 is 0 Å². The fraction of sp³-hybridized carbons (Fsp3) is 0.280. The van der Waals surface area contributed by atoms with Gasteiger partial charge in [-0.25, -0.2) is 9.78 Å². The van der Waals surface area contributed by atoms with Gasteiger partial charge in [0.25, 0.3) is 5.56 Å². The van der Waals surface area contributed by atoms with Gasteiger partial charge in [-0.05, 0) is 17.7 Å². The number of H-pyrrole nitrogens is 1. The standard InChI is InChI=1S/C25H28N6O4/c1-3-20-27-18-11-7-8-12-19(18)30(20)16-21(32)31(15-17-9-5-4-6-10-17)22-23(26)29(13-14-35-2)25(34)28-24(22)33/h4-12H,3,13-16,26H2,1-2H3,(H,28,33,34). The molecule has 1 amide bonds. The number of carbonyl (C=O) groups is 1. The molecule has 0 unspecified atom stereocenters. The summed E-state index contributed by atoms with van der Waals surface area (Å²) in [6.07, 6.45) is 0.630. The Kier molecular flexibility index (Phi) is 7.11. The summed E-state index contributed by atoms with van der Waals surface area (Å²) in [5.74, 6) is 0.304. The first-order valence-corrected chi connectivity index (χ1v) is 11.3. The van der Waals surface area contributed by atoms with Crippen LogP contribution in [0, 0.1) is 0 Å². The lowest BCUT2D eigenvalue weighted by Crippen LogP contribution is -2.42. The number of nitrogens with two attached hydrogens (primary N) is 1. The Morgan fingerprint density at radius 1 is 1.09 bits per heavy atom. The normalized spacial score (nSPS) is 11.1. The molecule has 2 aromatic heterocycles. The number of fused-ring (bicyclic) bond motifs is 1. The average Bonchev–Trinajstić information content (AvgIpc) is 3.21. The highest BCUT2D eigenvalue weighted by molar-refractivity contribution is 5.96. The van der Waals surface area contributed by atoms with Crippen molar-refractivity contribution >= 4 is 28.4 Å². The number of hydrogen-bond acceptors (Lipinski definition) is 6. The molecule has 3 N–H and O–H groups in total. The molecule has 0 bridgehead atoms. The molecule has 4 rings (SSSR count). The smallest absolute Gasteiger partial charge is 0.330 e. The molecule has 2 heterocycles. The van der Waals surface area contributed by atoms with E-state index in [0.717, 1.165) is 22.4 Å². The van der Waals surface area contributed by atoms with Gasteiger partial charge in [-0.1, -0.05) is 49.4 Å². The number of ether oxygens (including phenoxy) is 1. The SMILES string of the molecule is CCc1nc2ccccc2n1CC(=O)N(Cc1ccccc1)c1c(N)n(CCOC)c(=O)[nH]c1=O. The van der Waals surface area contributed by atoms with Gasteiger partial charge in [0.05, 0.1) is 30.7 Å². The first-order valence-electron chi connectivity index (χ1n) is 11.3. The predicted octanol–water partition coefficient (Wildman–Crippen LogP) is 1.91. The number of anilines is 2. The van der Waals surface area contributed by atoms with Crippen molar-refractivity contribution in [1.29, 1.82) is 0 Å². The quantitative estimate of drug-likeness (QED) is 0.380. The first-order chi connectivity index (χ1) is 16.9. The maximum Gasteiger partial charge on any atom is 0.330 e. The van der Waals surface area contributed by atoms with Gasteiger partial charge >= 0.3 is 5.69 Å². The van der Waals surface area contributed by atoms with E-state index < -0.39 is 11.2 Å². The molecule has 182 valence electrons. The highest BCUT2D eigenvalue weighted by Gasteiger charge is 2.26. The summed E-state index contributed by atoms with van der Waals surface area (Å²) < 4.78 is 8.12. The molecular weight excluding hydrogens is 448 g/mol. The zero-order valence-corrected chi connectivity index (χ0v) is 19.7. The lowest BCUT2D eigenvalue weighted by molar-refractivity contribution is -0.119. The van der Waals surface area contributed by atoms with E-state index in [1.165, 1.54) is 16.6 Å². The number of carbonyl (C=O) groups excluding carboxylic acids is 1. The minimum Gasteiger partial charge on any atom is -0.383 e. The van der Waals surface area contributed by atoms with E-state index in [1.807, 2.05) is 66.1 Å². The second kappa shape index (κ2) is 10.4. The van der Waals surface area contributed by atoms with Gasteiger partial charge in [0, 0.05) is 13.5 Å². The number of aryl methyl sites for hydroxylation is 1. The van der Waals surface area contributed by atoms with Crippen molar-refractivity contribution in [1.82, 2.24) is 19.1 Å². The van der Waals surface area contributed by atoms with Gasteiger partial charge in [0.1, 0.15) is 18.2 Å². The Hall–Kier alpha value is -4.18. The third-order valence-electron chi connectivity index (χ3n) is 5.83. The van der Waals surface area contributed by atoms with E-state index in [0.29, 0.717) is 6.42 Å². The van der Waals surface area contributed by atoms with Crippen molar-refractivity contribution < 1.29 is 9.53 Å². The number of methoxy groups -OCH3 is 1. The zero-order chi connectivity index (χ0) is 24.9. The summed E-state index contributed by atoms with van der Waals surface area (Å²) in [7, 11) is 1.50. The van der Waals surface area contributed by atoms with Crippen LogP contribution < -0.4 is 21.9 Å². The van der Waals surface area contributed by atoms with Crippen LogP contribution in [0.5, 0.6) is 0 Å². The fourth-order valence-electron chi connectivity index (χ4n) is 4.09. The van der Waals surface area contributed by atoms with Crippen molar-refractivity contribution in [3.8, 4) is 0 Å². The molecule has 0 aliphatic heterocycles. The Bertz CT molecular complexity index is 1450. The summed E-state index contributed by atoms with van der Waals surface area (Å²) in [5.41, 5.74) is 7.28. The Morgan fingerprint density at radius 2 is 1.80 bits per heavy atom. The molecule has 0 spiro atoms. The van der Waals surface area contributed by atoms with Crippen LogP contribution in [0.2, 0.25) is 0 Å². The van der Waals surface area contributed by atoms with Crippen LogP contribution in [-0.2, 0) is 35.6 Å². The molecule has 0 fully saturated rings. The number of imidazole rings is 1. The number of para-hydroxylation sites is 2. The third-order valence-corrected chi connectivity index (χ3v) is 5.83. The minimum atomic E-state index is -0.725. The molecule has 35 heavy (non-hydrogen) atoms. The lowest BCUT2D eigenvalue weighted by Gasteiger charge is -2.25. The number of nitrogens with one attached hydrogen (secondary N) is 1. The van der Waals surface area contributed by atoms with Crippen molar-refractivity contribution in [3.05, 3.63) is 86.8 Å². The molecule has 4 aromatic rings. The Labute approximate surface area is 201 Å². The average molecular weight is 477 g/mol. The van der Waals surface area contributed by atoms with Gasteiger partial charge in [-0.2, -0.15) is 0 Å². The van der Waals surface area contributed by atoms with Gasteiger partial charge in [0.15, 0.2) is 5.69 Å². The van der Waals surface area contributed by atoms with E-state index in [2.05, 4.69) is 9.97 Å². The maximum absolute atomic E-state index is 13.8. The molecule has 0 aliphatic rings. The third kappa shape index (κ3) is 4.87. The van der Waals surface area contributed by atoms with Gasteiger partial charge < -0.3 is 15.0 Å².